The molecule has 0 aliphatic heterocycles. The maximum absolute atomic E-state index is 9.69. The second-order valence-electron chi connectivity index (χ2n) is 3.67. The lowest BCUT2D eigenvalue weighted by molar-refractivity contribution is 0.406. The molecule has 0 aromatic heterocycles. The molecule has 0 aliphatic rings. The highest BCUT2D eigenvalue weighted by Crippen LogP contribution is 2.22. The van der Waals surface area contributed by atoms with Crippen molar-refractivity contribution in [2.24, 2.45) is 5.73 Å². The zero-order valence-corrected chi connectivity index (χ0v) is 9.70. The SMILES string of the molecule is COc1ccc(CNCCCCN)c(O)c1. The van der Waals surface area contributed by atoms with Gasteiger partial charge in [-0.05, 0) is 32.0 Å². The van der Waals surface area contributed by atoms with Crippen LogP contribution in [0.2, 0.25) is 0 Å². The van der Waals surface area contributed by atoms with E-state index in [1.54, 1.807) is 13.2 Å². The largest absolute Gasteiger partial charge is 0.507 e. The van der Waals surface area contributed by atoms with Gasteiger partial charge in [0.1, 0.15) is 11.5 Å². The van der Waals surface area contributed by atoms with Gasteiger partial charge in [-0.25, -0.2) is 0 Å². The number of phenolic OH excluding ortho intramolecular Hbond substituents is 1. The molecule has 0 spiro atoms. The summed E-state index contributed by atoms with van der Waals surface area (Å²) >= 11 is 0. The smallest absolute Gasteiger partial charge is 0.123 e. The fourth-order valence-electron chi connectivity index (χ4n) is 1.44. The Labute approximate surface area is 96.4 Å². The summed E-state index contributed by atoms with van der Waals surface area (Å²) in [6, 6.07) is 5.33. The first-order valence-corrected chi connectivity index (χ1v) is 5.54. The number of unbranched alkanes of at least 4 members (excludes halogenated alkanes) is 1. The van der Waals surface area contributed by atoms with Crippen molar-refractivity contribution in [3.63, 3.8) is 0 Å². The molecule has 4 nitrogen and oxygen atoms in total. The maximum Gasteiger partial charge on any atom is 0.123 e. The second kappa shape index (κ2) is 7.09. The van der Waals surface area contributed by atoms with Gasteiger partial charge in [0.25, 0.3) is 0 Å². The molecule has 0 heterocycles. The van der Waals surface area contributed by atoms with E-state index in [0.717, 1.165) is 31.5 Å². The minimum Gasteiger partial charge on any atom is -0.507 e. The molecule has 0 unspecified atom stereocenters. The summed E-state index contributed by atoms with van der Waals surface area (Å²) in [5, 5.41) is 12.9. The molecular weight excluding hydrogens is 204 g/mol. The van der Waals surface area contributed by atoms with Crippen LogP contribution in [0.25, 0.3) is 0 Å². The number of nitrogens with one attached hydrogen (secondary N) is 1. The minimum absolute atomic E-state index is 0.269. The molecule has 1 aromatic rings. The highest BCUT2D eigenvalue weighted by atomic mass is 16.5. The summed E-state index contributed by atoms with van der Waals surface area (Å²) in [5.74, 6) is 0.940. The fourth-order valence-corrected chi connectivity index (χ4v) is 1.44. The minimum atomic E-state index is 0.269. The Balaban J connectivity index is 2.36. The molecule has 0 saturated heterocycles. The van der Waals surface area contributed by atoms with Gasteiger partial charge in [-0.15, -0.1) is 0 Å². The molecular formula is C12H20N2O2. The zero-order chi connectivity index (χ0) is 11.8. The van der Waals surface area contributed by atoms with E-state index in [1.165, 1.54) is 0 Å². The molecule has 0 radical (unpaired) electrons. The van der Waals surface area contributed by atoms with E-state index in [-0.39, 0.29) is 5.75 Å². The normalized spacial score (nSPS) is 10.4. The van der Waals surface area contributed by atoms with Crippen molar-refractivity contribution in [3.05, 3.63) is 23.8 Å². The number of benzene rings is 1. The van der Waals surface area contributed by atoms with Crippen molar-refractivity contribution in [1.82, 2.24) is 5.32 Å². The third kappa shape index (κ3) is 4.08. The predicted molar refractivity (Wildman–Crippen MR) is 64.7 cm³/mol. The van der Waals surface area contributed by atoms with Crippen LogP contribution in [-0.4, -0.2) is 25.3 Å². The van der Waals surface area contributed by atoms with E-state index in [1.807, 2.05) is 12.1 Å². The summed E-state index contributed by atoms with van der Waals surface area (Å²) in [6.45, 7) is 2.32. The van der Waals surface area contributed by atoms with Crippen LogP contribution in [0.3, 0.4) is 0 Å². The van der Waals surface area contributed by atoms with E-state index in [2.05, 4.69) is 5.32 Å². The molecule has 0 amide bonds. The molecule has 90 valence electrons. The van der Waals surface area contributed by atoms with Crippen molar-refractivity contribution in [1.29, 1.82) is 0 Å². The van der Waals surface area contributed by atoms with Gasteiger partial charge >= 0.3 is 0 Å². The van der Waals surface area contributed by atoms with Gasteiger partial charge < -0.3 is 20.9 Å². The quantitative estimate of drug-likeness (QED) is 0.609. The van der Waals surface area contributed by atoms with Gasteiger partial charge in [0.15, 0.2) is 0 Å². The first-order valence-electron chi connectivity index (χ1n) is 5.54. The first kappa shape index (κ1) is 12.8. The number of hydrogen-bond donors (Lipinski definition) is 3. The van der Waals surface area contributed by atoms with Crippen LogP contribution in [0.5, 0.6) is 11.5 Å². The molecule has 0 aliphatic carbocycles. The standard InChI is InChI=1S/C12H20N2O2/c1-16-11-5-4-10(12(15)8-11)9-14-7-3-2-6-13/h4-5,8,14-15H,2-3,6-7,9,13H2,1H3. The van der Waals surface area contributed by atoms with E-state index in [9.17, 15) is 5.11 Å². The Morgan fingerprint density at radius 3 is 2.81 bits per heavy atom. The Hall–Kier alpha value is -1.26. The topological polar surface area (TPSA) is 67.5 Å². The molecule has 1 aromatic carbocycles. The fraction of sp³-hybridized carbons (Fsp3) is 0.500. The monoisotopic (exact) mass is 224 g/mol. The van der Waals surface area contributed by atoms with Crippen LogP contribution < -0.4 is 15.8 Å². The number of phenols is 1. The molecule has 0 atom stereocenters. The summed E-state index contributed by atoms with van der Waals surface area (Å²) in [4.78, 5) is 0. The van der Waals surface area contributed by atoms with Crippen LogP contribution in [0.4, 0.5) is 0 Å². The highest BCUT2D eigenvalue weighted by Gasteiger charge is 2.02. The van der Waals surface area contributed by atoms with E-state index >= 15 is 0 Å². The molecule has 4 N–H and O–H groups in total. The van der Waals surface area contributed by atoms with Crippen molar-refractivity contribution in [2.75, 3.05) is 20.2 Å². The molecule has 1 rings (SSSR count). The molecule has 0 fully saturated rings. The first-order chi connectivity index (χ1) is 7.77. The summed E-state index contributed by atoms with van der Waals surface area (Å²) in [6.07, 6.45) is 2.09. The molecule has 4 heteroatoms. The van der Waals surface area contributed by atoms with Gasteiger partial charge in [0, 0.05) is 18.2 Å². The average Bonchev–Trinajstić information content (AvgIpc) is 2.30. The van der Waals surface area contributed by atoms with Gasteiger partial charge in [-0.2, -0.15) is 0 Å². The third-order valence-corrected chi connectivity index (χ3v) is 2.42. The molecule has 0 saturated carbocycles. The van der Waals surface area contributed by atoms with Crippen molar-refractivity contribution in [2.45, 2.75) is 19.4 Å². The number of hydrogen-bond acceptors (Lipinski definition) is 4. The van der Waals surface area contributed by atoms with Crippen molar-refractivity contribution in [3.8, 4) is 11.5 Å². The number of rotatable bonds is 7. The number of methoxy groups -OCH3 is 1. The van der Waals surface area contributed by atoms with Gasteiger partial charge in [0.05, 0.1) is 7.11 Å². The molecule has 0 bridgehead atoms. The zero-order valence-electron chi connectivity index (χ0n) is 9.70. The van der Waals surface area contributed by atoms with Gasteiger partial charge in [-0.1, -0.05) is 6.07 Å². The van der Waals surface area contributed by atoms with Crippen LogP contribution in [0.15, 0.2) is 18.2 Å². The van der Waals surface area contributed by atoms with Crippen molar-refractivity contribution < 1.29 is 9.84 Å². The lowest BCUT2D eigenvalue weighted by Crippen LogP contribution is -2.15. The predicted octanol–water partition coefficient (Wildman–Crippen LogP) is 1.23. The number of nitrogens with two attached hydrogens (primary N) is 1. The van der Waals surface area contributed by atoms with Crippen LogP contribution in [0, 0.1) is 0 Å². The lowest BCUT2D eigenvalue weighted by atomic mass is 10.2. The summed E-state index contributed by atoms with van der Waals surface area (Å²) < 4.78 is 5.01. The van der Waals surface area contributed by atoms with E-state index in [0.29, 0.717) is 12.3 Å². The van der Waals surface area contributed by atoms with E-state index < -0.39 is 0 Å². The lowest BCUT2D eigenvalue weighted by Gasteiger charge is -2.08. The average molecular weight is 224 g/mol. The van der Waals surface area contributed by atoms with Gasteiger partial charge in [0.2, 0.25) is 0 Å². The Morgan fingerprint density at radius 2 is 2.19 bits per heavy atom. The Bertz CT molecular complexity index is 316. The molecule has 16 heavy (non-hydrogen) atoms. The third-order valence-electron chi connectivity index (χ3n) is 2.42. The maximum atomic E-state index is 9.69. The second-order valence-corrected chi connectivity index (χ2v) is 3.67. The Morgan fingerprint density at radius 1 is 1.38 bits per heavy atom. The van der Waals surface area contributed by atoms with Crippen molar-refractivity contribution >= 4 is 0 Å². The summed E-state index contributed by atoms with van der Waals surface area (Å²) in [7, 11) is 1.58. The Kier molecular flexibility index (Phi) is 5.67. The number of ether oxygens (including phenoxy) is 1. The van der Waals surface area contributed by atoms with E-state index in [4.69, 9.17) is 10.5 Å². The highest BCUT2D eigenvalue weighted by molar-refractivity contribution is 5.39. The van der Waals surface area contributed by atoms with Crippen LogP contribution in [0.1, 0.15) is 18.4 Å². The summed E-state index contributed by atoms with van der Waals surface area (Å²) in [5.41, 5.74) is 6.28. The number of aromatic hydroxyl groups is 1. The van der Waals surface area contributed by atoms with Gasteiger partial charge in [-0.3, -0.25) is 0 Å². The van der Waals surface area contributed by atoms with Crippen LogP contribution in [-0.2, 0) is 6.54 Å². The van der Waals surface area contributed by atoms with Crippen LogP contribution >= 0.6 is 0 Å².